The highest BCUT2D eigenvalue weighted by molar-refractivity contribution is 5.19. The highest BCUT2D eigenvalue weighted by Crippen LogP contribution is 2.34. The minimum Gasteiger partial charge on any atom is -0.300 e. The summed E-state index contributed by atoms with van der Waals surface area (Å²) in [4.78, 5) is 2.48. The molecule has 1 nitrogen and oxygen atoms in total. The van der Waals surface area contributed by atoms with Crippen molar-refractivity contribution in [1.82, 2.24) is 4.90 Å². The minimum atomic E-state index is -0.753. The smallest absolute Gasteiger partial charge is 0.159 e. The van der Waals surface area contributed by atoms with Crippen molar-refractivity contribution < 1.29 is 8.78 Å². The van der Waals surface area contributed by atoms with E-state index in [1.54, 1.807) is 6.07 Å². The minimum absolute atomic E-state index is 0.545. The van der Waals surface area contributed by atoms with E-state index >= 15 is 0 Å². The number of hydrogen-bond donors (Lipinski definition) is 0. The Bertz CT molecular complexity index is 405. The molecule has 2 saturated heterocycles. The first-order valence-electron chi connectivity index (χ1n) is 5.90. The molecular weight excluding hydrogens is 208 g/mol. The lowest BCUT2D eigenvalue weighted by molar-refractivity contribution is 0.260. The Balaban J connectivity index is 1.72. The molecule has 2 aliphatic rings. The molecule has 3 rings (SSSR count). The third-order valence-corrected chi connectivity index (χ3v) is 3.89. The van der Waals surface area contributed by atoms with Gasteiger partial charge in [-0.15, -0.1) is 0 Å². The van der Waals surface area contributed by atoms with Crippen molar-refractivity contribution in [3.63, 3.8) is 0 Å². The van der Waals surface area contributed by atoms with E-state index in [0.717, 1.165) is 17.9 Å². The maximum Gasteiger partial charge on any atom is 0.159 e. The van der Waals surface area contributed by atoms with Gasteiger partial charge in [-0.2, -0.15) is 0 Å². The van der Waals surface area contributed by atoms with Crippen LogP contribution in [0.1, 0.15) is 18.4 Å². The second-order valence-electron chi connectivity index (χ2n) is 4.99. The molecule has 3 unspecified atom stereocenters. The number of nitrogens with zero attached hydrogens (tertiary/aromatic N) is 1. The fraction of sp³-hybridized carbons (Fsp3) is 0.538. The molecular formula is C13H15F2N. The molecule has 0 saturated carbocycles. The Labute approximate surface area is 94.1 Å². The molecule has 1 aromatic carbocycles. The zero-order valence-electron chi connectivity index (χ0n) is 9.13. The van der Waals surface area contributed by atoms with Gasteiger partial charge in [0, 0.05) is 12.6 Å². The van der Waals surface area contributed by atoms with Gasteiger partial charge in [-0.05, 0) is 49.4 Å². The third kappa shape index (κ3) is 1.73. The standard InChI is InChI=1S/C13H15F2N/c14-12-2-1-9(7-13(12)15)5-11-6-10-3-4-16(11)8-10/h1-2,7,10-11H,3-6,8H2. The normalized spacial score (nSPS) is 32.2. The van der Waals surface area contributed by atoms with Gasteiger partial charge in [-0.25, -0.2) is 8.78 Å². The van der Waals surface area contributed by atoms with E-state index in [-0.39, 0.29) is 0 Å². The molecule has 0 N–H and O–H groups in total. The molecule has 0 amide bonds. The predicted octanol–water partition coefficient (Wildman–Crippen LogP) is 2.60. The average Bonchev–Trinajstić information content (AvgIpc) is 2.85. The van der Waals surface area contributed by atoms with Crippen molar-refractivity contribution in [2.45, 2.75) is 25.3 Å². The van der Waals surface area contributed by atoms with Gasteiger partial charge in [0.25, 0.3) is 0 Å². The summed E-state index contributed by atoms with van der Waals surface area (Å²) in [5.41, 5.74) is 0.913. The first-order chi connectivity index (χ1) is 7.72. The number of halogens is 2. The van der Waals surface area contributed by atoms with Crippen LogP contribution in [-0.2, 0) is 6.42 Å². The van der Waals surface area contributed by atoms with Crippen LogP contribution in [0.3, 0.4) is 0 Å². The summed E-state index contributed by atoms with van der Waals surface area (Å²) in [6, 6.07) is 4.81. The van der Waals surface area contributed by atoms with E-state index in [0.29, 0.717) is 6.04 Å². The Kier molecular flexibility index (Phi) is 2.43. The van der Waals surface area contributed by atoms with E-state index < -0.39 is 11.6 Å². The van der Waals surface area contributed by atoms with Gasteiger partial charge in [0.15, 0.2) is 11.6 Å². The first kappa shape index (κ1) is 10.2. The SMILES string of the molecule is Fc1ccc(CC2CC3CCN2C3)cc1F. The lowest BCUT2D eigenvalue weighted by Gasteiger charge is -2.24. The molecule has 2 aliphatic heterocycles. The largest absolute Gasteiger partial charge is 0.300 e. The highest BCUT2D eigenvalue weighted by Gasteiger charge is 2.37. The fourth-order valence-electron chi connectivity index (χ4n) is 3.07. The van der Waals surface area contributed by atoms with E-state index in [4.69, 9.17) is 0 Å². The van der Waals surface area contributed by atoms with Gasteiger partial charge < -0.3 is 0 Å². The summed E-state index contributed by atoms with van der Waals surface area (Å²) in [6.45, 7) is 2.38. The molecule has 2 fully saturated rings. The molecule has 16 heavy (non-hydrogen) atoms. The number of rotatable bonds is 2. The number of hydrogen-bond acceptors (Lipinski definition) is 1. The average molecular weight is 223 g/mol. The lowest BCUT2D eigenvalue weighted by atomic mass is 9.95. The summed E-state index contributed by atoms with van der Waals surface area (Å²) in [5.74, 6) is -0.636. The Hall–Kier alpha value is -0.960. The van der Waals surface area contributed by atoms with Crippen LogP contribution in [0.15, 0.2) is 18.2 Å². The van der Waals surface area contributed by atoms with Crippen LogP contribution in [0.25, 0.3) is 0 Å². The highest BCUT2D eigenvalue weighted by atomic mass is 19.2. The number of piperidine rings is 1. The van der Waals surface area contributed by atoms with Crippen LogP contribution < -0.4 is 0 Å². The molecule has 0 aromatic heterocycles. The Morgan fingerprint density at radius 3 is 2.75 bits per heavy atom. The monoisotopic (exact) mass is 223 g/mol. The van der Waals surface area contributed by atoms with Crippen molar-refractivity contribution in [3.05, 3.63) is 35.4 Å². The van der Waals surface area contributed by atoms with Crippen LogP contribution in [0.2, 0.25) is 0 Å². The summed E-state index contributed by atoms with van der Waals surface area (Å²) >= 11 is 0. The van der Waals surface area contributed by atoms with Gasteiger partial charge in [0.1, 0.15) is 0 Å². The van der Waals surface area contributed by atoms with Crippen molar-refractivity contribution in [3.8, 4) is 0 Å². The molecule has 3 atom stereocenters. The van der Waals surface area contributed by atoms with Crippen LogP contribution in [-0.4, -0.2) is 24.0 Å². The maximum atomic E-state index is 13.1. The quantitative estimate of drug-likeness (QED) is 0.745. The number of benzene rings is 1. The molecule has 2 bridgehead atoms. The summed E-state index contributed by atoms with van der Waals surface area (Å²) in [5, 5.41) is 0. The van der Waals surface area contributed by atoms with Crippen LogP contribution in [0.4, 0.5) is 8.78 Å². The van der Waals surface area contributed by atoms with E-state index in [9.17, 15) is 8.78 Å². The molecule has 0 radical (unpaired) electrons. The molecule has 3 heteroatoms. The van der Waals surface area contributed by atoms with Crippen LogP contribution in [0.5, 0.6) is 0 Å². The van der Waals surface area contributed by atoms with Crippen molar-refractivity contribution >= 4 is 0 Å². The molecule has 0 aliphatic carbocycles. The fourth-order valence-corrected chi connectivity index (χ4v) is 3.07. The van der Waals surface area contributed by atoms with Gasteiger partial charge in [-0.1, -0.05) is 6.07 Å². The summed E-state index contributed by atoms with van der Waals surface area (Å²) in [7, 11) is 0. The van der Waals surface area contributed by atoms with Gasteiger partial charge in [0.05, 0.1) is 0 Å². The summed E-state index contributed by atoms with van der Waals surface area (Å²) in [6.07, 6.45) is 3.39. The molecule has 1 aromatic rings. The van der Waals surface area contributed by atoms with Crippen molar-refractivity contribution in [2.24, 2.45) is 5.92 Å². The molecule has 0 spiro atoms. The Morgan fingerprint density at radius 2 is 2.12 bits per heavy atom. The predicted molar refractivity (Wildman–Crippen MR) is 58.1 cm³/mol. The zero-order valence-corrected chi connectivity index (χ0v) is 9.13. The maximum absolute atomic E-state index is 13.1. The topological polar surface area (TPSA) is 3.24 Å². The summed E-state index contributed by atoms with van der Waals surface area (Å²) < 4.78 is 25.8. The zero-order chi connectivity index (χ0) is 11.1. The second kappa shape index (κ2) is 3.81. The molecule has 86 valence electrons. The van der Waals surface area contributed by atoms with Crippen molar-refractivity contribution in [1.29, 1.82) is 0 Å². The van der Waals surface area contributed by atoms with E-state index in [2.05, 4.69) is 4.90 Å². The van der Waals surface area contributed by atoms with Crippen LogP contribution >= 0.6 is 0 Å². The van der Waals surface area contributed by atoms with E-state index in [1.807, 2.05) is 0 Å². The second-order valence-corrected chi connectivity index (χ2v) is 4.99. The Morgan fingerprint density at radius 1 is 1.25 bits per heavy atom. The van der Waals surface area contributed by atoms with Gasteiger partial charge in [-0.3, -0.25) is 4.90 Å². The lowest BCUT2D eigenvalue weighted by Crippen LogP contribution is -2.31. The van der Waals surface area contributed by atoms with E-state index in [1.165, 1.54) is 38.1 Å². The van der Waals surface area contributed by atoms with Gasteiger partial charge in [0.2, 0.25) is 0 Å². The number of fused-ring (bicyclic) bond motifs is 2. The van der Waals surface area contributed by atoms with Crippen molar-refractivity contribution in [2.75, 3.05) is 13.1 Å². The van der Waals surface area contributed by atoms with Crippen LogP contribution in [0, 0.1) is 17.6 Å². The van der Waals surface area contributed by atoms with Gasteiger partial charge >= 0.3 is 0 Å². The molecule has 2 heterocycles. The first-order valence-corrected chi connectivity index (χ1v) is 5.90. The third-order valence-electron chi connectivity index (χ3n) is 3.89.